The number of non-ortho nitro benzene ring substituents is 1. The van der Waals surface area contributed by atoms with Gasteiger partial charge in [-0.05, 0) is 26.1 Å². The van der Waals surface area contributed by atoms with Gasteiger partial charge in [0.15, 0.2) is 0 Å². The van der Waals surface area contributed by atoms with Gasteiger partial charge in [-0.3, -0.25) is 10.1 Å². The fourth-order valence-electron chi connectivity index (χ4n) is 2.19. The number of aromatic nitrogens is 2. The number of hydrogen-bond donors (Lipinski definition) is 1. The van der Waals surface area contributed by atoms with Crippen LogP contribution < -0.4 is 10.2 Å². The van der Waals surface area contributed by atoms with Crippen molar-refractivity contribution in [2.24, 2.45) is 0 Å². The lowest BCUT2D eigenvalue weighted by atomic mass is 10.2. The van der Waals surface area contributed by atoms with Crippen molar-refractivity contribution in [1.82, 2.24) is 14.9 Å². The average molecular weight is 277 g/mol. The van der Waals surface area contributed by atoms with Crippen molar-refractivity contribution in [3.05, 3.63) is 28.3 Å². The van der Waals surface area contributed by atoms with Crippen molar-refractivity contribution in [2.45, 2.75) is 13.0 Å². The van der Waals surface area contributed by atoms with Gasteiger partial charge in [-0.15, -0.1) is 0 Å². The number of nitrogens with one attached hydrogen (secondary N) is 1. The summed E-state index contributed by atoms with van der Waals surface area (Å²) >= 11 is 0. The Hall–Kier alpha value is -2.15. The Balaban J connectivity index is 2.46. The van der Waals surface area contributed by atoms with Crippen LogP contribution >= 0.6 is 0 Å². The summed E-state index contributed by atoms with van der Waals surface area (Å²) in [5, 5.41) is 13.9. The molecule has 0 atom stereocenters. The quantitative estimate of drug-likeness (QED) is 0.493. The van der Waals surface area contributed by atoms with Gasteiger partial charge in [-0.25, -0.2) is 4.98 Å². The van der Waals surface area contributed by atoms with Crippen LogP contribution in [0.15, 0.2) is 18.2 Å². The van der Waals surface area contributed by atoms with E-state index in [0.29, 0.717) is 5.52 Å². The molecule has 1 aromatic heterocycles. The number of imidazole rings is 1. The third-order valence-electron chi connectivity index (χ3n) is 3.13. The minimum atomic E-state index is -0.394. The van der Waals surface area contributed by atoms with Crippen LogP contribution in [0.3, 0.4) is 0 Å². The second-order valence-electron chi connectivity index (χ2n) is 4.85. The molecule has 0 amide bonds. The van der Waals surface area contributed by atoms with E-state index in [-0.39, 0.29) is 5.69 Å². The molecule has 0 aliphatic rings. The molecule has 0 fully saturated rings. The molecule has 0 radical (unpaired) electrons. The summed E-state index contributed by atoms with van der Waals surface area (Å²) in [5.41, 5.74) is 1.66. The third kappa shape index (κ3) is 2.72. The van der Waals surface area contributed by atoms with Gasteiger partial charge < -0.3 is 14.8 Å². The van der Waals surface area contributed by atoms with Crippen LogP contribution in [-0.2, 0) is 6.54 Å². The number of rotatable bonds is 6. The number of hydrogen-bond acceptors (Lipinski definition) is 5. The van der Waals surface area contributed by atoms with E-state index >= 15 is 0 Å². The first-order chi connectivity index (χ1) is 9.54. The average Bonchev–Trinajstić information content (AvgIpc) is 2.77. The minimum Gasteiger partial charge on any atom is -0.348 e. The number of anilines is 1. The second kappa shape index (κ2) is 5.87. The number of nitro benzene ring substituents is 1. The Morgan fingerprint density at radius 1 is 1.45 bits per heavy atom. The van der Waals surface area contributed by atoms with E-state index < -0.39 is 4.92 Å². The summed E-state index contributed by atoms with van der Waals surface area (Å²) in [5.74, 6) is 0.816. The number of aryl methyl sites for hydroxylation is 1. The Kier molecular flexibility index (Phi) is 4.19. The van der Waals surface area contributed by atoms with Crippen molar-refractivity contribution < 1.29 is 4.92 Å². The van der Waals surface area contributed by atoms with E-state index in [1.165, 1.54) is 12.1 Å². The maximum atomic E-state index is 10.8. The monoisotopic (exact) mass is 277 g/mol. The Morgan fingerprint density at radius 2 is 2.20 bits per heavy atom. The van der Waals surface area contributed by atoms with Crippen molar-refractivity contribution in [1.29, 1.82) is 0 Å². The lowest BCUT2D eigenvalue weighted by Gasteiger charge is -2.14. The molecule has 1 aromatic carbocycles. The smallest absolute Gasteiger partial charge is 0.271 e. The summed E-state index contributed by atoms with van der Waals surface area (Å²) < 4.78 is 2.09. The van der Waals surface area contributed by atoms with E-state index in [4.69, 9.17) is 0 Å². The molecule has 0 bridgehead atoms. The lowest BCUT2D eigenvalue weighted by molar-refractivity contribution is -0.384. The number of fused-ring (bicyclic) bond motifs is 1. The zero-order valence-corrected chi connectivity index (χ0v) is 12.0. The van der Waals surface area contributed by atoms with Crippen LogP contribution in [0.1, 0.15) is 6.42 Å². The lowest BCUT2D eigenvalue weighted by Crippen LogP contribution is -2.17. The first kappa shape index (κ1) is 14.3. The summed E-state index contributed by atoms with van der Waals surface area (Å²) in [6, 6.07) is 4.82. The molecule has 7 nitrogen and oxygen atoms in total. The molecule has 0 unspecified atom stereocenters. The first-order valence-electron chi connectivity index (χ1n) is 6.51. The highest BCUT2D eigenvalue weighted by Gasteiger charge is 2.15. The van der Waals surface area contributed by atoms with Crippen LogP contribution in [0.2, 0.25) is 0 Å². The maximum absolute atomic E-state index is 10.8. The molecule has 0 saturated heterocycles. The summed E-state index contributed by atoms with van der Waals surface area (Å²) in [6.45, 7) is 1.74. The number of nitrogens with zero attached hydrogens (tertiary/aromatic N) is 4. The van der Waals surface area contributed by atoms with E-state index in [1.54, 1.807) is 6.07 Å². The molecule has 1 heterocycles. The van der Waals surface area contributed by atoms with Crippen LogP contribution in [0.4, 0.5) is 11.6 Å². The Labute approximate surface area is 117 Å². The zero-order chi connectivity index (χ0) is 14.7. The molecule has 2 aromatic rings. The van der Waals surface area contributed by atoms with Gasteiger partial charge in [0.1, 0.15) is 0 Å². The first-order valence-corrected chi connectivity index (χ1v) is 6.51. The highest BCUT2D eigenvalue weighted by molar-refractivity contribution is 5.81. The number of benzene rings is 1. The van der Waals surface area contributed by atoms with Gasteiger partial charge in [-0.2, -0.15) is 0 Å². The Bertz CT molecular complexity index is 620. The van der Waals surface area contributed by atoms with Gasteiger partial charge >= 0.3 is 0 Å². The largest absolute Gasteiger partial charge is 0.348 e. The predicted molar refractivity (Wildman–Crippen MR) is 79.3 cm³/mol. The van der Waals surface area contributed by atoms with Crippen molar-refractivity contribution >= 4 is 22.7 Å². The number of nitro groups is 1. The third-order valence-corrected chi connectivity index (χ3v) is 3.13. The molecule has 0 aliphatic carbocycles. The van der Waals surface area contributed by atoms with Gasteiger partial charge in [-0.1, -0.05) is 0 Å². The molecule has 0 aliphatic heterocycles. The fraction of sp³-hybridized carbons (Fsp3) is 0.462. The van der Waals surface area contributed by atoms with Gasteiger partial charge in [0.05, 0.1) is 16.0 Å². The zero-order valence-electron chi connectivity index (χ0n) is 12.0. The molecule has 2 rings (SSSR count). The molecule has 0 saturated carbocycles. The van der Waals surface area contributed by atoms with Gasteiger partial charge in [0.25, 0.3) is 5.69 Å². The topological polar surface area (TPSA) is 76.2 Å². The highest BCUT2D eigenvalue weighted by Crippen LogP contribution is 2.25. The minimum absolute atomic E-state index is 0.0719. The normalized spacial score (nSPS) is 10.9. The van der Waals surface area contributed by atoms with Crippen LogP contribution in [0, 0.1) is 10.1 Å². The maximum Gasteiger partial charge on any atom is 0.271 e. The van der Waals surface area contributed by atoms with E-state index in [1.807, 2.05) is 26.0 Å². The molecule has 7 heteroatoms. The fourth-order valence-corrected chi connectivity index (χ4v) is 2.19. The standard InChI is InChI=1S/C13H19N5O2/c1-14-7-4-8-17-12-6-5-10(18(19)20)9-11(12)15-13(17)16(2)3/h5-6,9,14H,4,7-8H2,1-3H3. The SMILES string of the molecule is CNCCCn1c(N(C)C)nc2cc([N+](=O)[O-])ccc21. The molecule has 20 heavy (non-hydrogen) atoms. The molecular weight excluding hydrogens is 258 g/mol. The van der Waals surface area contributed by atoms with E-state index in [2.05, 4.69) is 14.9 Å². The van der Waals surface area contributed by atoms with Crippen LogP contribution in [-0.4, -0.2) is 42.2 Å². The van der Waals surface area contributed by atoms with Crippen molar-refractivity contribution in [3.8, 4) is 0 Å². The van der Waals surface area contributed by atoms with Crippen LogP contribution in [0.25, 0.3) is 11.0 Å². The summed E-state index contributed by atoms with van der Waals surface area (Å²) in [6.07, 6.45) is 0.972. The van der Waals surface area contributed by atoms with Gasteiger partial charge in [0, 0.05) is 32.8 Å². The molecule has 1 N–H and O–H groups in total. The van der Waals surface area contributed by atoms with Crippen LogP contribution in [0.5, 0.6) is 0 Å². The van der Waals surface area contributed by atoms with Crippen molar-refractivity contribution in [2.75, 3.05) is 32.6 Å². The summed E-state index contributed by atoms with van der Waals surface area (Å²) in [4.78, 5) is 16.9. The predicted octanol–water partition coefficient (Wildman–Crippen LogP) is 1.62. The van der Waals surface area contributed by atoms with Gasteiger partial charge in [0.2, 0.25) is 5.95 Å². The van der Waals surface area contributed by atoms with E-state index in [9.17, 15) is 10.1 Å². The Morgan fingerprint density at radius 3 is 2.80 bits per heavy atom. The molecule has 0 spiro atoms. The molecule has 108 valence electrons. The second-order valence-corrected chi connectivity index (χ2v) is 4.85. The molecular formula is C13H19N5O2. The van der Waals surface area contributed by atoms with E-state index in [0.717, 1.165) is 31.0 Å². The van der Waals surface area contributed by atoms with Crippen molar-refractivity contribution in [3.63, 3.8) is 0 Å². The summed E-state index contributed by atoms with van der Waals surface area (Å²) in [7, 11) is 5.76. The highest BCUT2D eigenvalue weighted by atomic mass is 16.6.